The van der Waals surface area contributed by atoms with Crippen LogP contribution in [0.3, 0.4) is 0 Å². The lowest BCUT2D eigenvalue weighted by atomic mass is 10.1. The molecule has 2 heterocycles. The first-order valence-corrected chi connectivity index (χ1v) is 6.60. The smallest absolute Gasteiger partial charge is 0.134 e. The molecule has 1 fully saturated rings. The predicted octanol–water partition coefficient (Wildman–Crippen LogP) is 0.597. The molecule has 1 aromatic heterocycles. The quantitative estimate of drug-likeness (QED) is 0.833. The highest BCUT2D eigenvalue weighted by molar-refractivity contribution is 5.47. The van der Waals surface area contributed by atoms with E-state index in [9.17, 15) is 5.11 Å². The standard InChI is InChI=1S/C13H22N4O2/c1-4-11-15-10(14)5-12(16-11)17-6-9(7-18)19-13(2,3)8-17/h5,9,18H,4,6-8H2,1-3H3,(H2,14,15,16). The summed E-state index contributed by atoms with van der Waals surface area (Å²) in [5.41, 5.74) is 5.50. The van der Waals surface area contributed by atoms with E-state index in [4.69, 9.17) is 10.5 Å². The summed E-state index contributed by atoms with van der Waals surface area (Å²) in [6, 6.07) is 1.77. The van der Waals surface area contributed by atoms with E-state index in [1.54, 1.807) is 6.07 Å². The summed E-state index contributed by atoms with van der Waals surface area (Å²) in [4.78, 5) is 10.8. The number of aromatic nitrogens is 2. The van der Waals surface area contributed by atoms with Crippen molar-refractivity contribution in [1.29, 1.82) is 0 Å². The molecule has 2 rings (SSSR count). The number of ether oxygens (including phenoxy) is 1. The summed E-state index contributed by atoms with van der Waals surface area (Å²) in [5, 5.41) is 9.33. The third kappa shape index (κ3) is 3.33. The Balaban J connectivity index is 2.27. The molecule has 19 heavy (non-hydrogen) atoms. The minimum absolute atomic E-state index is 0.00112. The zero-order valence-electron chi connectivity index (χ0n) is 11.8. The number of morpholine rings is 1. The zero-order valence-corrected chi connectivity index (χ0v) is 11.8. The maximum Gasteiger partial charge on any atom is 0.134 e. The van der Waals surface area contributed by atoms with Crippen molar-refractivity contribution in [1.82, 2.24) is 9.97 Å². The molecule has 6 nitrogen and oxygen atoms in total. The number of nitrogens with zero attached hydrogens (tertiary/aromatic N) is 3. The van der Waals surface area contributed by atoms with Crippen LogP contribution in [-0.4, -0.2) is 46.5 Å². The third-order valence-corrected chi connectivity index (χ3v) is 3.10. The van der Waals surface area contributed by atoms with Gasteiger partial charge in [-0.1, -0.05) is 6.92 Å². The molecule has 0 radical (unpaired) electrons. The van der Waals surface area contributed by atoms with Gasteiger partial charge in [0, 0.05) is 25.6 Å². The van der Waals surface area contributed by atoms with E-state index in [2.05, 4.69) is 14.9 Å². The molecule has 0 bridgehead atoms. The van der Waals surface area contributed by atoms with Crippen LogP contribution >= 0.6 is 0 Å². The Morgan fingerprint density at radius 3 is 2.89 bits per heavy atom. The SMILES string of the molecule is CCc1nc(N)cc(N2CC(CO)OC(C)(C)C2)n1. The molecule has 0 spiro atoms. The second-order valence-electron chi connectivity index (χ2n) is 5.48. The summed E-state index contributed by atoms with van der Waals surface area (Å²) in [5.74, 6) is 2.02. The van der Waals surface area contributed by atoms with Crippen LogP contribution in [0.25, 0.3) is 0 Å². The normalized spacial score (nSPS) is 22.5. The summed E-state index contributed by atoms with van der Waals surface area (Å²) >= 11 is 0. The summed E-state index contributed by atoms with van der Waals surface area (Å²) in [7, 11) is 0. The largest absolute Gasteiger partial charge is 0.394 e. The van der Waals surface area contributed by atoms with Crippen LogP contribution in [0.5, 0.6) is 0 Å². The lowest BCUT2D eigenvalue weighted by Gasteiger charge is -2.42. The van der Waals surface area contributed by atoms with Gasteiger partial charge in [0.25, 0.3) is 0 Å². The second-order valence-corrected chi connectivity index (χ2v) is 5.48. The van der Waals surface area contributed by atoms with Crippen molar-refractivity contribution < 1.29 is 9.84 Å². The van der Waals surface area contributed by atoms with Gasteiger partial charge in [0.2, 0.25) is 0 Å². The third-order valence-electron chi connectivity index (χ3n) is 3.10. The van der Waals surface area contributed by atoms with Crippen molar-refractivity contribution >= 4 is 11.6 Å². The van der Waals surface area contributed by atoms with E-state index < -0.39 is 0 Å². The van der Waals surface area contributed by atoms with E-state index in [0.717, 1.165) is 18.1 Å². The van der Waals surface area contributed by atoms with Gasteiger partial charge in [-0.05, 0) is 13.8 Å². The summed E-state index contributed by atoms with van der Waals surface area (Å²) in [6.45, 7) is 7.34. The topological polar surface area (TPSA) is 84.5 Å². The Bertz CT molecular complexity index is 450. The van der Waals surface area contributed by atoms with Crippen molar-refractivity contribution in [3.05, 3.63) is 11.9 Å². The molecule has 1 unspecified atom stereocenters. The average molecular weight is 266 g/mol. The number of hydrogen-bond acceptors (Lipinski definition) is 6. The molecule has 0 saturated carbocycles. The van der Waals surface area contributed by atoms with Crippen molar-refractivity contribution in [3.8, 4) is 0 Å². The van der Waals surface area contributed by atoms with Crippen LogP contribution in [0.4, 0.5) is 11.6 Å². The van der Waals surface area contributed by atoms with Gasteiger partial charge in [-0.3, -0.25) is 0 Å². The highest BCUT2D eigenvalue weighted by Gasteiger charge is 2.33. The monoisotopic (exact) mass is 266 g/mol. The molecule has 0 amide bonds. The van der Waals surface area contributed by atoms with Gasteiger partial charge in [-0.15, -0.1) is 0 Å². The molecular weight excluding hydrogens is 244 g/mol. The number of rotatable bonds is 3. The summed E-state index contributed by atoms with van der Waals surface area (Å²) < 4.78 is 5.80. The summed E-state index contributed by atoms with van der Waals surface area (Å²) in [6.07, 6.45) is 0.542. The van der Waals surface area contributed by atoms with Crippen LogP contribution in [0.2, 0.25) is 0 Å². The molecule has 1 aromatic rings. The zero-order chi connectivity index (χ0) is 14.0. The van der Waals surface area contributed by atoms with Crippen LogP contribution in [-0.2, 0) is 11.2 Å². The van der Waals surface area contributed by atoms with E-state index in [1.807, 2.05) is 20.8 Å². The molecule has 0 aliphatic carbocycles. The van der Waals surface area contributed by atoms with Gasteiger partial charge >= 0.3 is 0 Å². The van der Waals surface area contributed by atoms with E-state index in [0.29, 0.717) is 18.9 Å². The number of aliphatic hydroxyl groups excluding tert-OH is 1. The number of hydrogen-bond donors (Lipinski definition) is 2. The molecule has 0 aromatic carbocycles. The molecular formula is C13H22N4O2. The van der Waals surface area contributed by atoms with E-state index in [1.165, 1.54) is 0 Å². The fourth-order valence-corrected chi connectivity index (χ4v) is 2.39. The first kappa shape index (κ1) is 14.0. The van der Waals surface area contributed by atoms with Crippen molar-refractivity contribution in [2.75, 3.05) is 30.3 Å². The maximum atomic E-state index is 9.33. The van der Waals surface area contributed by atoms with Crippen LogP contribution in [0.1, 0.15) is 26.6 Å². The molecule has 1 atom stereocenters. The van der Waals surface area contributed by atoms with Crippen molar-refractivity contribution in [3.63, 3.8) is 0 Å². The Hall–Kier alpha value is -1.40. The van der Waals surface area contributed by atoms with Gasteiger partial charge in [0.05, 0.1) is 18.3 Å². The number of aryl methyl sites for hydroxylation is 1. The van der Waals surface area contributed by atoms with Crippen LogP contribution in [0, 0.1) is 0 Å². The van der Waals surface area contributed by atoms with Gasteiger partial charge in [0.15, 0.2) is 0 Å². The average Bonchev–Trinajstić information content (AvgIpc) is 2.36. The van der Waals surface area contributed by atoms with E-state index in [-0.39, 0.29) is 18.3 Å². The van der Waals surface area contributed by atoms with Gasteiger partial charge in [-0.2, -0.15) is 0 Å². The molecule has 1 aliphatic heterocycles. The number of aliphatic hydroxyl groups is 1. The molecule has 1 aliphatic rings. The highest BCUT2D eigenvalue weighted by atomic mass is 16.5. The number of nitrogens with two attached hydrogens (primary N) is 1. The first-order valence-electron chi connectivity index (χ1n) is 6.60. The maximum absolute atomic E-state index is 9.33. The van der Waals surface area contributed by atoms with E-state index >= 15 is 0 Å². The number of anilines is 2. The lowest BCUT2D eigenvalue weighted by Crippen LogP contribution is -2.54. The Labute approximate surface area is 113 Å². The highest BCUT2D eigenvalue weighted by Crippen LogP contribution is 2.25. The van der Waals surface area contributed by atoms with Gasteiger partial charge in [-0.25, -0.2) is 9.97 Å². The molecule has 3 N–H and O–H groups in total. The predicted molar refractivity (Wildman–Crippen MR) is 74.1 cm³/mol. The second kappa shape index (κ2) is 5.30. The first-order chi connectivity index (χ1) is 8.93. The molecule has 6 heteroatoms. The molecule has 106 valence electrons. The van der Waals surface area contributed by atoms with Gasteiger partial charge in [0.1, 0.15) is 17.5 Å². The Morgan fingerprint density at radius 2 is 2.26 bits per heavy atom. The van der Waals surface area contributed by atoms with Gasteiger partial charge < -0.3 is 20.5 Å². The Morgan fingerprint density at radius 1 is 1.53 bits per heavy atom. The Kier molecular flexibility index (Phi) is 3.91. The van der Waals surface area contributed by atoms with Crippen LogP contribution in [0.15, 0.2) is 6.07 Å². The van der Waals surface area contributed by atoms with Crippen LogP contribution < -0.4 is 10.6 Å². The fraction of sp³-hybridized carbons (Fsp3) is 0.692. The lowest BCUT2D eigenvalue weighted by molar-refractivity contribution is -0.101. The fourth-order valence-electron chi connectivity index (χ4n) is 2.39. The van der Waals surface area contributed by atoms with Crippen molar-refractivity contribution in [2.45, 2.75) is 38.9 Å². The minimum atomic E-state index is -0.322. The molecule has 1 saturated heterocycles. The van der Waals surface area contributed by atoms with Crippen molar-refractivity contribution in [2.24, 2.45) is 0 Å². The minimum Gasteiger partial charge on any atom is -0.394 e. The number of nitrogen functional groups attached to an aromatic ring is 1.